The van der Waals surface area contributed by atoms with Crippen molar-refractivity contribution in [2.24, 2.45) is 0 Å². The number of fused-ring (bicyclic) bond motifs is 9. The maximum absolute atomic E-state index is 12.6. The van der Waals surface area contributed by atoms with Crippen LogP contribution in [0.1, 0.15) is 180 Å². The van der Waals surface area contributed by atoms with Crippen molar-refractivity contribution in [3.8, 4) is 17.2 Å². The van der Waals surface area contributed by atoms with Gasteiger partial charge >= 0.3 is 12.2 Å². The number of likely N-dealkylation sites (N-methyl/N-ethyl adjacent to an activating group) is 2. The first-order valence-corrected chi connectivity index (χ1v) is 36.7. The molecule has 3 aromatic heterocycles. The fourth-order valence-electron chi connectivity index (χ4n) is 14.7. The van der Waals surface area contributed by atoms with Crippen molar-refractivity contribution in [1.82, 2.24) is 35.1 Å². The Hall–Kier alpha value is -8.23. The third-order valence-electron chi connectivity index (χ3n) is 20.4. The van der Waals surface area contributed by atoms with E-state index in [0.29, 0.717) is 130 Å². The molecule has 9 aromatic rings. The van der Waals surface area contributed by atoms with Crippen LogP contribution in [0, 0.1) is 14.9 Å². The number of carbonyl (C=O) groups excluding carboxylic acids is 8. The van der Waals surface area contributed by atoms with Crippen molar-refractivity contribution in [3.63, 3.8) is 0 Å². The van der Waals surface area contributed by atoms with Crippen molar-refractivity contribution in [2.75, 3.05) is 73.2 Å². The SMILES string of the molecule is CCCCOc1ccc2c(ccc3onc(C4CCC(=O)CC4=O)c32)c1.CN(CCOc1ccc2c(ccc3onc(C4CCC(=O)CC4=O)c32)c1)C1CCN(C(=O)OC(C)(C)C)CC1.CN(CCOc1ccc2c(ccc3onc(C4CCC(=O)CC4=O)c32)c1)C1CCN(C(=O)OC(C)(C)C)CC1.[CH3-].[CH3-].[W].[W]. The molecule has 108 heavy (non-hydrogen) atoms. The molecule has 0 radical (unpaired) electrons. The molecule has 5 aliphatic rings. The molecule has 5 fully saturated rings. The van der Waals surface area contributed by atoms with Gasteiger partial charge in [0.15, 0.2) is 16.7 Å². The number of unbranched alkanes of at least 4 members (excludes halogenated alkanes) is 1. The Morgan fingerprint density at radius 3 is 1.05 bits per heavy atom. The van der Waals surface area contributed by atoms with Crippen LogP contribution in [-0.4, -0.2) is 178 Å². The number of benzene rings is 6. The smallest absolute Gasteiger partial charge is 0.410 e. The number of nitrogens with zero attached hydrogens (tertiary/aromatic N) is 7. The number of Topliss-reactive ketones (excluding diaryl/α,β-unsaturated/α-hetero) is 6. The van der Waals surface area contributed by atoms with Crippen molar-refractivity contribution in [3.05, 3.63) is 123 Å². The van der Waals surface area contributed by atoms with E-state index in [1.165, 1.54) is 0 Å². The molecule has 2 aliphatic heterocycles. The van der Waals surface area contributed by atoms with E-state index in [4.69, 9.17) is 37.3 Å². The summed E-state index contributed by atoms with van der Waals surface area (Å²) in [5.74, 6) is 0.971. The second-order valence-corrected chi connectivity index (χ2v) is 30.2. The van der Waals surface area contributed by atoms with Gasteiger partial charge in [0.05, 0.1) is 59.8 Å². The van der Waals surface area contributed by atoms with Crippen LogP contribution >= 0.6 is 0 Å². The third kappa shape index (κ3) is 20.6. The van der Waals surface area contributed by atoms with Crippen LogP contribution < -0.4 is 14.2 Å². The molecule has 3 saturated carbocycles. The molecule has 0 bridgehead atoms. The number of aromatic nitrogens is 3. The summed E-state index contributed by atoms with van der Waals surface area (Å²) in [6.45, 7) is 19.5. The Labute approximate surface area is 659 Å². The fourth-order valence-corrected chi connectivity index (χ4v) is 14.7. The van der Waals surface area contributed by atoms with E-state index in [1.54, 1.807) is 9.80 Å². The van der Waals surface area contributed by atoms with Gasteiger partial charge in [-0.3, -0.25) is 38.6 Å². The van der Waals surface area contributed by atoms with Crippen molar-refractivity contribution in [2.45, 2.75) is 186 Å². The molecule has 578 valence electrons. The van der Waals surface area contributed by atoms with Gasteiger partial charge in [0, 0.05) is 113 Å². The molecule has 25 heteroatoms. The van der Waals surface area contributed by atoms with Gasteiger partial charge in [-0.05, 0) is 212 Å². The maximum Gasteiger partial charge on any atom is 0.410 e. The third-order valence-corrected chi connectivity index (χ3v) is 20.4. The second kappa shape index (κ2) is 37.5. The molecule has 14 rings (SSSR count). The van der Waals surface area contributed by atoms with Crippen molar-refractivity contribution >= 4 is 112 Å². The van der Waals surface area contributed by atoms with Crippen LogP contribution in [0.2, 0.25) is 0 Å². The fraction of sp³-hybridized carbons (Fsp3) is 0.482. The van der Waals surface area contributed by atoms with Crippen molar-refractivity contribution < 1.29 is 118 Å². The number of hydrogen-bond acceptors (Lipinski definition) is 21. The molecule has 3 aliphatic carbocycles. The first kappa shape index (κ1) is 85.4. The Kier molecular flexibility index (Phi) is 29.6. The van der Waals surface area contributed by atoms with Gasteiger partial charge in [-0.2, -0.15) is 0 Å². The van der Waals surface area contributed by atoms with Crippen LogP contribution in [0.15, 0.2) is 105 Å². The monoisotopic (exact) mass is 1820 g/mol. The van der Waals surface area contributed by atoms with Gasteiger partial charge in [-0.25, -0.2) is 9.59 Å². The van der Waals surface area contributed by atoms with E-state index in [1.807, 2.05) is 133 Å². The Morgan fingerprint density at radius 1 is 0.454 bits per heavy atom. The number of likely N-dealkylation sites (tertiary alicyclic amines) is 2. The summed E-state index contributed by atoms with van der Waals surface area (Å²) in [4.78, 5) is 105. The van der Waals surface area contributed by atoms with E-state index < -0.39 is 23.0 Å². The summed E-state index contributed by atoms with van der Waals surface area (Å²) < 4.78 is 45.6. The average molecular weight is 1820 g/mol. The number of ketones is 6. The van der Waals surface area contributed by atoms with Crippen LogP contribution in [-0.2, 0) is 80.4 Å². The zero-order valence-corrected chi connectivity index (χ0v) is 69.9. The maximum atomic E-state index is 12.6. The predicted octanol–water partition coefficient (Wildman–Crippen LogP) is 15.7. The summed E-state index contributed by atoms with van der Waals surface area (Å²) >= 11 is 0. The number of ether oxygens (including phenoxy) is 5. The minimum Gasteiger partial charge on any atom is -0.494 e. The first-order valence-electron chi connectivity index (χ1n) is 36.7. The van der Waals surface area contributed by atoms with Crippen LogP contribution in [0.4, 0.5) is 9.59 Å². The first-order chi connectivity index (χ1) is 49.8. The molecule has 5 heterocycles. The van der Waals surface area contributed by atoms with Crippen LogP contribution in [0.3, 0.4) is 0 Å². The molecular weight excluding hydrogens is 1720 g/mol. The quantitative estimate of drug-likeness (QED) is 0.0465. The minimum absolute atomic E-state index is 0. The Bertz CT molecular complexity index is 4480. The van der Waals surface area contributed by atoms with Crippen LogP contribution in [0.25, 0.3) is 65.2 Å². The number of amides is 2. The summed E-state index contributed by atoms with van der Waals surface area (Å²) in [6.07, 6.45) is 7.87. The van der Waals surface area contributed by atoms with E-state index >= 15 is 0 Å². The summed E-state index contributed by atoms with van der Waals surface area (Å²) in [6, 6.07) is 30.1. The predicted molar refractivity (Wildman–Crippen MR) is 406 cm³/mol. The van der Waals surface area contributed by atoms with E-state index in [9.17, 15) is 38.4 Å². The molecule has 0 N–H and O–H groups in total. The van der Waals surface area contributed by atoms with Gasteiger partial charge in [0.25, 0.3) is 0 Å². The molecular formula is C83H101N7O16W2-2. The number of carbonyl (C=O) groups is 8. The van der Waals surface area contributed by atoms with E-state index in [0.717, 1.165) is 117 Å². The molecule has 2 amide bonds. The summed E-state index contributed by atoms with van der Waals surface area (Å²) in [7, 11) is 4.20. The molecule has 3 atom stereocenters. The molecule has 3 unspecified atom stereocenters. The minimum atomic E-state index is -0.482. The van der Waals surface area contributed by atoms with Gasteiger partial charge in [0.1, 0.15) is 93.4 Å². The molecule has 0 spiro atoms. The van der Waals surface area contributed by atoms with Gasteiger partial charge in [0.2, 0.25) is 0 Å². The molecule has 6 aromatic carbocycles. The zero-order chi connectivity index (χ0) is 73.6. The topological polar surface area (TPSA) is 274 Å². The largest absolute Gasteiger partial charge is 0.494 e. The van der Waals surface area contributed by atoms with Crippen molar-refractivity contribution in [1.29, 1.82) is 0 Å². The number of hydrogen-bond donors (Lipinski definition) is 0. The average Bonchev–Trinajstić information content (AvgIpc) is 1.67. The van der Waals surface area contributed by atoms with Gasteiger partial charge in [-0.15, -0.1) is 0 Å². The Morgan fingerprint density at radius 2 is 0.759 bits per heavy atom. The van der Waals surface area contributed by atoms with E-state index in [2.05, 4.69) is 46.3 Å². The summed E-state index contributed by atoms with van der Waals surface area (Å²) in [5.41, 5.74) is 2.88. The number of rotatable bonds is 17. The zero-order valence-electron chi connectivity index (χ0n) is 64.0. The van der Waals surface area contributed by atoms with Gasteiger partial charge < -0.3 is 61.9 Å². The van der Waals surface area contributed by atoms with E-state index in [-0.39, 0.29) is 129 Å². The second-order valence-electron chi connectivity index (χ2n) is 30.2. The molecule has 2 saturated heterocycles. The normalized spacial score (nSPS) is 18.3. The summed E-state index contributed by atoms with van der Waals surface area (Å²) in [5, 5.41) is 21.1. The van der Waals surface area contributed by atoms with Crippen LogP contribution in [0.5, 0.6) is 17.2 Å². The Balaban J connectivity index is 0.000000204. The standard InChI is InChI=1S/2C30H37N3O6.C21H21NO4.2CH3.2W/c2*1-30(2,3)38-29(36)33-13-11-20(12-14-33)32(4)15-16-37-22-7-9-23-19(17-22)5-10-26-27(23)28(31-39-26)24-8-6-21(34)18-25(24)35;1-2-3-10-25-15-6-8-16-13(11-15)4-9-19-20(16)21(22-26-19)17-7-5-14(23)12-18(17)24;;;;/h2*5,7,9-10,17,20,24H,6,8,11-16,18H2,1-4H3;4,6,8-9,11,17H,2-3,5,7,10,12H2,1H3;2*1H3;;/q;;;2*-1;;. The molecule has 23 nitrogen and oxygen atoms in total. The van der Waals surface area contributed by atoms with Gasteiger partial charge in [-0.1, -0.05) is 47.0 Å². The number of piperidine rings is 2.